The predicted octanol–water partition coefficient (Wildman–Crippen LogP) is 4.39. The fraction of sp³-hybridized carbons (Fsp3) is 0.320. The number of rotatable bonds is 10. The Balaban J connectivity index is 1.75. The summed E-state index contributed by atoms with van der Waals surface area (Å²) in [5.74, 6) is 0. The van der Waals surface area contributed by atoms with Gasteiger partial charge in [0.2, 0.25) is 0 Å². The number of hydrogen-bond acceptors (Lipinski definition) is 4. The summed E-state index contributed by atoms with van der Waals surface area (Å²) in [7, 11) is 1.57. The lowest BCUT2D eigenvalue weighted by atomic mass is 10.1. The van der Waals surface area contributed by atoms with E-state index in [1.165, 1.54) is 12.1 Å². The highest BCUT2D eigenvalue weighted by Crippen LogP contribution is 2.32. The van der Waals surface area contributed by atoms with Gasteiger partial charge in [-0.05, 0) is 41.5 Å². The Morgan fingerprint density at radius 1 is 1.20 bits per heavy atom. The number of nitrogens with one attached hydrogen (secondary N) is 1. The van der Waals surface area contributed by atoms with Gasteiger partial charge in [0.1, 0.15) is 0 Å². The van der Waals surface area contributed by atoms with Gasteiger partial charge >= 0.3 is 6.18 Å². The van der Waals surface area contributed by atoms with Gasteiger partial charge in [0.05, 0.1) is 30.1 Å². The fourth-order valence-electron chi connectivity index (χ4n) is 3.59. The van der Waals surface area contributed by atoms with Crippen LogP contribution in [0.4, 0.5) is 13.2 Å². The Bertz CT molecular complexity index is 1150. The van der Waals surface area contributed by atoms with Gasteiger partial charge in [-0.1, -0.05) is 30.3 Å². The first kappa shape index (κ1) is 26.2. The minimum Gasteiger partial charge on any atom is -0.383 e. The smallest absolute Gasteiger partial charge is 0.383 e. The predicted molar refractivity (Wildman–Crippen MR) is 131 cm³/mol. The molecule has 0 saturated carbocycles. The van der Waals surface area contributed by atoms with Gasteiger partial charge < -0.3 is 19.5 Å². The number of thiocarbonyl (C=S) groups is 1. The number of benzene rings is 2. The van der Waals surface area contributed by atoms with Crippen molar-refractivity contribution in [1.82, 2.24) is 19.8 Å². The van der Waals surface area contributed by atoms with E-state index in [-0.39, 0.29) is 12.1 Å². The van der Waals surface area contributed by atoms with Crippen molar-refractivity contribution in [3.05, 3.63) is 89.0 Å². The van der Waals surface area contributed by atoms with Crippen LogP contribution in [0.3, 0.4) is 0 Å². The van der Waals surface area contributed by atoms with Crippen LogP contribution in [-0.2, 0) is 30.4 Å². The summed E-state index contributed by atoms with van der Waals surface area (Å²) in [4.78, 5) is 5.98. The second-order valence-electron chi connectivity index (χ2n) is 7.87. The molecule has 0 atom stereocenters. The Morgan fingerprint density at radius 2 is 1.94 bits per heavy atom. The van der Waals surface area contributed by atoms with E-state index >= 15 is 0 Å². The zero-order valence-corrected chi connectivity index (χ0v) is 20.1. The normalized spacial score (nSPS) is 11.2. The Morgan fingerprint density at radius 3 is 2.63 bits per heavy atom. The maximum absolute atomic E-state index is 13.6. The summed E-state index contributed by atoms with van der Waals surface area (Å²) in [6, 6.07) is 14.9. The van der Waals surface area contributed by atoms with E-state index in [0.717, 1.165) is 17.3 Å². The molecule has 1 aromatic heterocycles. The average molecular weight is 502 g/mol. The number of imidazole rings is 1. The van der Waals surface area contributed by atoms with Crippen molar-refractivity contribution in [2.24, 2.45) is 0 Å². The molecular formula is C25H26F3N5OS. The first-order valence-electron chi connectivity index (χ1n) is 11.0. The molecule has 0 fully saturated rings. The van der Waals surface area contributed by atoms with Crippen LogP contribution in [-0.4, -0.2) is 46.4 Å². The molecule has 2 aromatic carbocycles. The maximum Gasteiger partial charge on any atom is 0.416 e. The van der Waals surface area contributed by atoms with Gasteiger partial charge in [0, 0.05) is 51.6 Å². The van der Waals surface area contributed by atoms with E-state index < -0.39 is 11.7 Å². The summed E-state index contributed by atoms with van der Waals surface area (Å²) in [6.45, 7) is 1.84. The highest BCUT2D eigenvalue weighted by atomic mass is 32.1. The SMILES string of the molecule is COCCNC(=S)N(CCc1cncn1Cc1ccc(C#N)cc1)Cc1ccccc1C(F)(F)F. The standard InChI is InChI=1S/C25H26F3N5OS/c1-34-13-11-31-24(35)32(17-21-4-2-3-5-23(21)25(26,27)28)12-10-22-15-30-18-33(22)16-20-8-6-19(14-29)7-9-20/h2-9,15,18H,10-13,16-17H2,1H3,(H,31,35). The maximum atomic E-state index is 13.6. The number of alkyl halides is 3. The molecule has 0 saturated heterocycles. The molecule has 0 radical (unpaired) electrons. The third kappa shape index (κ3) is 7.53. The molecule has 35 heavy (non-hydrogen) atoms. The molecule has 0 unspecified atom stereocenters. The summed E-state index contributed by atoms with van der Waals surface area (Å²) in [6.07, 6.45) is -0.470. The Labute approximate surface area is 208 Å². The minimum atomic E-state index is -4.45. The molecule has 1 heterocycles. The molecule has 0 aliphatic rings. The molecule has 10 heteroatoms. The van der Waals surface area contributed by atoms with E-state index in [9.17, 15) is 13.2 Å². The molecule has 3 aromatic rings. The van der Waals surface area contributed by atoms with Crippen LogP contribution in [0.15, 0.2) is 61.1 Å². The molecular weight excluding hydrogens is 475 g/mol. The second-order valence-corrected chi connectivity index (χ2v) is 8.26. The summed E-state index contributed by atoms with van der Waals surface area (Å²) in [5, 5.41) is 12.4. The van der Waals surface area contributed by atoms with Crippen molar-refractivity contribution in [3.63, 3.8) is 0 Å². The second kappa shape index (κ2) is 12.3. The Hall–Kier alpha value is -3.42. The van der Waals surface area contributed by atoms with E-state index in [1.807, 2.05) is 16.7 Å². The summed E-state index contributed by atoms with van der Waals surface area (Å²) in [5.41, 5.74) is 2.00. The van der Waals surface area contributed by atoms with E-state index in [0.29, 0.717) is 43.3 Å². The lowest BCUT2D eigenvalue weighted by Crippen LogP contribution is -2.42. The molecule has 0 aliphatic carbocycles. The van der Waals surface area contributed by atoms with Crippen LogP contribution in [0, 0.1) is 11.3 Å². The Kier molecular flexibility index (Phi) is 9.23. The quantitative estimate of drug-likeness (QED) is 0.329. The van der Waals surface area contributed by atoms with Crippen molar-refractivity contribution >= 4 is 17.3 Å². The van der Waals surface area contributed by atoms with Gasteiger partial charge in [-0.25, -0.2) is 4.98 Å². The zero-order valence-electron chi connectivity index (χ0n) is 19.3. The van der Waals surface area contributed by atoms with Crippen molar-refractivity contribution < 1.29 is 17.9 Å². The highest BCUT2D eigenvalue weighted by molar-refractivity contribution is 7.80. The first-order valence-corrected chi connectivity index (χ1v) is 11.4. The van der Waals surface area contributed by atoms with Crippen LogP contribution in [0.5, 0.6) is 0 Å². The number of hydrogen-bond donors (Lipinski definition) is 1. The van der Waals surface area contributed by atoms with Crippen LogP contribution in [0.25, 0.3) is 0 Å². The number of halogens is 3. The van der Waals surface area contributed by atoms with Gasteiger partial charge in [-0.3, -0.25) is 0 Å². The molecule has 0 spiro atoms. The van der Waals surface area contributed by atoms with Crippen molar-refractivity contribution in [1.29, 1.82) is 5.26 Å². The zero-order chi connectivity index (χ0) is 25.3. The lowest BCUT2D eigenvalue weighted by Gasteiger charge is -2.27. The third-order valence-electron chi connectivity index (χ3n) is 5.43. The number of aromatic nitrogens is 2. The van der Waals surface area contributed by atoms with Crippen molar-refractivity contribution in [2.45, 2.75) is 25.7 Å². The average Bonchev–Trinajstić information content (AvgIpc) is 3.28. The number of ether oxygens (including phenoxy) is 1. The summed E-state index contributed by atoms with van der Waals surface area (Å²) < 4.78 is 47.7. The molecule has 0 aliphatic heterocycles. The van der Waals surface area contributed by atoms with E-state index in [4.69, 9.17) is 22.2 Å². The van der Waals surface area contributed by atoms with E-state index in [1.54, 1.807) is 42.7 Å². The minimum absolute atomic E-state index is 0.0122. The van der Waals surface area contributed by atoms with Crippen LogP contribution in [0.1, 0.15) is 27.9 Å². The topological polar surface area (TPSA) is 66.1 Å². The number of methoxy groups -OCH3 is 1. The molecule has 3 rings (SSSR count). The van der Waals surface area contributed by atoms with E-state index in [2.05, 4.69) is 16.4 Å². The molecule has 0 amide bonds. The fourth-order valence-corrected chi connectivity index (χ4v) is 3.85. The van der Waals surface area contributed by atoms with Gasteiger partial charge in [0.15, 0.2) is 5.11 Å². The van der Waals surface area contributed by atoms with Gasteiger partial charge in [-0.15, -0.1) is 0 Å². The monoisotopic (exact) mass is 501 g/mol. The van der Waals surface area contributed by atoms with Crippen LogP contribution >= 0.6 is 12.2 Å². The van der Waals surface area contributed by atoms with Crippen LogP contribution < -0.4 is 5.32 Å². The molecule has 0 bridgehead atoms. The first-order chi connectivity index (χ1) is 16.8. The third-order valence-corrected chi connectivity index (χ3v) is 5.83. The van der Waals surface area contributed by atoms with Crippen molar-refractivity contribution in [3.8, 4) is 6.07 Å². The van der Waals surface area contributed by atoms with Gasteiger partial charge in [-0.2, -0.15) is 18.4 Å². The van der Waals surface area contributed by atoms with Gasteiger partial charge in [0.25, 0.3) is 0 Å². The highest BCUT2D eigenvalue weighted by Gasteiger charge is 2.33. The summed E-state index contributed by atoms with van der Waals surface area (Å²) >= 11 is 5.51. The van der Waals surface area contributed by atoms with Crippen molar-refractivity contribution in [2.75, 3.05) is 26.8 Å². The molecule has 184 valence electrons. The molecule has 1 N–H and O–H groups in total. The number of nitrogens with zero attached hydrogens (tertiary/aromatic N) is 4. The van der Waals surface area contributed by atoms with Crippen LogP contribution in [0.2, 0.25) is 0 Å². The largest absolute Gasteiger partial charge is 0.416 e. The lowest BCUT2D eigenvalue weighted by molar-refractivity contribution is -0.138. The molecule has 6 nitrogen and oxygen atoms in total. The number of nitriles is 1.